The average Bonchev–Trinajstić information content (AvgIpc) is 3.08. The van der Waals surface area contributed by atoms with Gasteiger partial charge in [0.1, 0.15) is 21.6 Å². The summed E-state index contributed by atoms with van der Waals surface area (Å²) in [5.74, 6) is 0.943. The quantitative estimate of drug-likeness (QED) is 0.435. The molecular formula is C20H26Cl2N4O4S. The molecule has 0 saturated heterocycles. The van der Waals surface area contributed by atoms with Gasteiger partial charge in [-0.05, 0) is 44.4 Å². The number of hydrogen-bond donors (Lipinski definition) is 2. The van der Waals surface area contributed by atoms with Gasteiger partial charge in [0.25, 0.3) is 5.91 Å². The molecule has 0 atom stereocenters. The van der Waals surface area contributed by atoms with Crippen molar-refractivity contribution in [3.63, 3.8) is 0 Å². The normalized spacial score (nSPS) is 18.9. The number of carbonyl (C=O) groups is 1. The van der Waals surface area contributed by atoms with Crippen molar-refractivity contribution in [3.8, 4) is 17.0 Å². The molecule has 0 aliphatic heterocycles. The van der Waals surface area contributed by atoms with E-state index in [2.05, 4.69) is 15.4 Å². The molecule has 170 valence electrons. The largest absolute Gasteiger partial charge is 0.496 e. The topological polar surface area (TPSA) is 103 Å². The molecule has 0 radical (unpaired) electrons. The van der Waals surface area contributed by atoms with E-state index in [1.54, 1.807) is 16.9 Å². The number of hydrogen-bond acceptors (Lipinski definition) is 6. The minimum atomic E-state index is -2.33. The number of nitrogens with one attached hydrogen (secondary N) is 1. The fourth-order valence-corrected chi connectivity index (χ4v) is 5.24. The first-order valence-corrected chi connectivity index (χ1v) is 12.3. The van der Waals surface area contributed by atoms with Crippen LogP contribution in [0.4, 0.5) is 0 Å². The summed E-state index contributed by atoms with van der Waals surface area (Å²) in [6.07, 6.45) is 5.06. The van der Waals surface area contributed by atoms with Crippen LogP contribution < -0.4 is 10.1 Å². The van der Waals surface area contributed by atoms with Gasteiger partial charge >= 0.3 is 0 Å². The highest BCUT2D eigenvalue weighted by Gasteiger charge is 2.26. The van der Waals surface area contributed by atoms with Crippen LogP contribution in [-0.4, -0.2) is 48.5 Å². The van der Waals surface area contributed by atoms with E-state index in [4.69, 9.17) is 27.9 Å². The van der Waals surface area contributed by atoms with E-state index in [9.17, 15) is 13.2 Å². The van der Waals surface area contributed by atoms with Crippen molar-refractivity contribution >= 4 is 39.8 Å². The number of pyridine rings is 1. The molecule has 1 N–H and O–H groups in total. The van der Waals surface area contributed by atoms with Crippen LogP contribution in [0.25, 0.3) is 11.3 Å². The van der Waals surface area contributed by atoms with Crippen molar-refractivity contribution in [2.45, 2.75) is 39.2 Å². The van der Waals surface area contributed by atoms with Gasteiger partial charge in [-0.1, -0.05) is 23.2 Å². The molecular weight excluding hydrogens is 463 g/mol. The summed E-state index contributed by atoms with van der Waals surface area (Å²) in [4.78, 5) is 16.9. The summed E-state index contributed by atoms with van der Waals surface area (Å²) in [7, 11) is -0.812. The van der Waals surface area contributed by atoms with E-state index in [1.165, 1.54) is 7.11 Å². The molecule has 0 bridgehead atoms. The Morgan fingerprint density at radius 1 is 1.26 bits per heavy atom. The number of aryl methyl sites for hydroxylation is 1. The molecule has 1 aliphatic rings. The van der Waals surface area contributed by atoms with Crippen LogP contribution in [0, 0.1) is 11.8 Å². The molecule has 3 rings (SSSR count). The van der Waals surface area contributed by atoms with E-state index in [0.717, 1.165) is 25.7 Å². The maximum atomic E-state index is 12.8. The first kappa shape index (κ1) is 23.8. The molecule has 2 heterocycles. The third kappa shape index (κ3) is 5.70. The first-order valence-electron chi connectivity index (χ1n) is 10.2. The highest BCUT2D eigenvalue weighted by atomic mass is 35.5. The van der Waals surface area contributed by atoms with E-state index in [0.29, 0.717) is 36.0 Å². The van der Waals surface area contributed by atoms with Crippen LogP contribution in [-0.2, 0) is 17.2 Å². The van der Waals surface area contributed by atoms with Crippen LogP contribution in [0.3, 0.4) is 0 Å². The number of carbonyl (C=O) groups excluding carboxylic acids is 1. The number of methoxy groups -OCH3 is 1. The zero-order valence-corrected chi connectivity index (χ0v) is 19.8. The maximum Gasteiger partial charge on any atom is 0.273 e. The zero-order valence-electron chi connectivity index (χ0n) is 17.4. The number of thiol groups is 1. The van der Waals surface area contributed by atoms with Gasteiger partial charge in [0, 0.05) is 25.4 Å². The fraction of sp³-hybridized carbons (Fsp3) is 0.550. The summed E-state index contributed by atoms with van der Waals surface area (Å²) >= 11 is 12.5. The number of aromatic nitrogens is 3. The van der Waals surface area contributed by atoms with E-state index < -0.39 is 10.7 Å². The highest BCUT2D eigenvalue weighted by Crippen LogP contribution is 2.37. The molecule has 8 nitrogen and oxygen atoms in total. The molecule has 2 aromatic rings. The highest BCUT2D eigenvalue weighted by molar-refractivity contribution is 7.72. The molecule has 2 aromatic heterocycles. The minimum absolute atomic E-state index is 0.146. The van der Waals surface area contributed by atoms with Crippen molar-refractivity contribution in [3.05, 3.63) is 28.1 Å². The summed E-state index contributed by atoms with van der Waals surface area (Å²) in [5.41, 5.74) is 1.29. The van der Waals surface area contributed by atoms with Gasteiger partial charge in [-0.25, -0.2) is 13.4 Å². The van der Waals surface area contributed by atoms with Crippen LogP contribution in [0.2, 0.25) is 10.2 Å². The van der Waals surface area contributed by atoms with Crippen LogP contribution >= 0.6 is 23.2 Å². The van der Waals surface area contributed by atoms with Crippen molar-refractivity contribution in [1.29, 1.82) is 0 Å². The second-order valence-electron chi connectivity index (χ2n) is 7.65. The number of ether oxygens (including phenoxy) is 1. The summed E-state index contributed by atoms with van der Waals surface area (Å²) < 4.78 is 28.9. The monoisotopic (exact) mass is 488 g/mol. The lowest BCUT2D eigenvalue weighted by molar-refractivity contribution is 0.0936. The fourth-order valence-electron chi connectivity index (χ4n) is 3.98. The Hall–Kier alpha value is -1.84. The van der Waals surface area contributed by atoms with Gasteiger partial charge in [0.15, 0.2) is 5.69 Å². The van der Waals surface area contributed by atoms with Crippen molar-refractivity contribution < 1.29 is 17.9 Å². The van der Waals surface area contributed by atoms with Gasteiger partial charge in [-0.15, -0.1) is 0 Å². The van der Waals surface area contributed by atoms with Crippen molar-refractivity contribution in [2.75, 3.05) is 19.4 Å². The molecule has 11 heteroatoms. The number of nitrogens with zero attached hydrogens (tertiary/aromatic N) is 3. The third-order valence-corrected chi connectivity index (χ3v) is 7.02. The first-order chi connectivity index (χ1) is 14.8. The Morgan fingerprint density at radius 2 is 1.94 bits per heavy atom. The standard InChI is InChI=1S/C20H26Cl2N4O4S/c1-3-26-19(14-10-23-16(21)8-15(14)30-2)17(22)18(25-26)20(27)24-9-12-4-6-13(7-5-12)11-31(28)29/h8,10,12-13,31H,3-7,9,11H2,1-2H3,(H,24,27)/t12-,13-. The van der Waals surface area contributed by atoms with Crippen molar-refractivity contribution in [2.24, 2.45) is 11.8 Å². The predicted molar refractivity (Wildman–Crippen MR) is 121 cm³/mol. The maximum absolute atomic E-state index is 12.8. The number of halogens is 2. The molecule has 0 aromatic carbocycles. The van der Waals surface area contributed by atoms with Gasteiger partial charge in [-0.2, -0.15) is 5.10 Å². The summed E-state index contributed by atoms with van der Waals surface area (Å²) in [6.45, 7) is 2.91. The van der Waals surface area contributed by atoms with E-state index >= 15 is 0 Å². The Labute approximate surface area is 193 Å². The van der Waals surface area contributed by atoms with Crippen LogP contribution in [0.1, 0.15) is 43.1 Å². The van der Waals surface area contributed by atoms with Crippen LogP contribution in [0.5, 0.6) is 5.75 Å². The second-order valence-corrected chi connectivity index (χ2v) is 9.44. The van der Waals surface area contributed by atoms with Gasteiger partial charge in [0.2, 0.25) is 0 Å². The minimum Gasteiger partial charge on any atom is -0.496 e. The molecule has 1 fully saturated rings. The smallest absolute Gasteiger partial charge is 0.273 e. The third-order valence-electron chi connectivity index (χ3n) is 5.64. The van der Waals surface area contributed by atoms with Crippen molar-refractivity contribution in [1.82, 2.24) is 20.1 Å². The number of amides is 1. The number of rotatable bonds is 8. The summed E-state index contributed by atoms with van der Waals surface area (Å²) in [6, 6.07) is 1.58. The Morgan fingerprint density at radius 3 is 2.55 bits per heavy atom. The van der Waals surface area contributed by atoms with E-state index in [1.807, 2.05) is 6.92 Å². The molecule has 31 heavy (non-hydrogen) atoms. The average molecular weight is 489 g/mol. The molecule has 1 aliphatic carbocycles. The Balaban J connectivity index is 1.72. The second kappa shape index (κ2) is 10.7. The predicted octanol–water partition coefficient (Wildman–Crippen LogP) is 3.43. The lowest BCUT2D eigenvalue weighted by atomic mass is 9.83. The Bertz CT molecular complexity index is 1010. The van der Waals surface area contributed by atoms with E-state index in [-0.39, 0.29) is 33.4 Å². The lowest BCUT2D eigenvalue weighted by Crippen LogP contribution is -2.32. The zero-order chi connectivity index (χ0) is 22.5. The molecule has 0 unspecified atom stereocenters. The molecule has 1 amide bonds. The van der Waals surface area contributed by atoms with Gasteiger partial charge < -0.3 is 10.1 Å². The van der Waals surface area contributed by atoms with Crippen LogP contribution in [0.15, 0.2) is 12.3 Å². The lowest BCUT2D eigenvalue weighted by Gasteiger charge is -2.27. The SMILES string of the molecule is CCn1nc(C(=O)NC[C@H]2CC[C@H](C[SH](=O)=O)CC2)c(Cl)c1-c1cnc(Cl)cc1OC. The summed E-state index contributed by atoms with van der Waals surface area (Å²) in [5, 5.41) is 7.85. The van der Waals surface area contributed by atoms with Gasteiger partial charge in [0.05, 0.1) is 29.1 Å². The Kier molecular flexibility index (Phi) is 8.18. The van der Waals surface area contributed by atoms with Gasteiger partial charge in [-0.3, -0.25) is 9.48 Å². The molecule has 1 saturated carbocycles. The molecule has 0 spiro atoms.